The van der Waals surface area contributed by atoms with E-state index in [-0.39, 0.29) is 5.91 Å². The maximum Gasteiger partial charge on any atom is 0.257 e. The second kappa shape index (κ2) is 9.58. The Morgan fingerprint density at radius 2 is 1.44 bits per heavy atom. The van der Waals surface area contributed by atoms with E-state index < -0.39 is 11.7 Å². The van der Waals surface area contributed by atoms with Crippen molar-refractivity contribution in [3.05, 3.63) is 89.4 Å². The van der Waals surface area contributed by atoms with Crippen LogP contribution in [0.4, 0.5) is 15.8 Å². The average Bonchev–Trinajstić information content (AvgIpc) is 2.84. The summed E-state index contributed by atoms with van der Waals surface area (Å²) in [6.45, 7) is 1.68. The predicted octanol–water partition coefficient (Wildman–Crippen LogP) is 5.20. The van der Waals surface area contributed by atoms with Crippen molar-refractivity contribution in [3.63, 3.8) is 0 Å². The molecule has 1 aromatic heterocycles. The Morgan fingerprint density at radius 1 is 0.824 bits per heavy atom. The number of hydrogen-bond acceptors (Lipinski definition) is 5. The molecule has 0 spiro atoms. The van der Waals surface area contributed by atoms with E-state index in [1.807, 2.05) is 6.07 Å². The van der Waals surface area contributed by atoms with E-state index in [0.29, 0.717) is 50.6 Å². The van der Waals surface area contributed by atoms with Crippen molar-refractivity contribution >= 4 is 34.1 Å². The lowest BCUT2D eigenvalue weighted by molar-refractivity contribution is 0.101. The van der Waals surface area contributed by atoms with Crippen molar-refractivity contribution in [2.24, 2.45) is 0 Å². The number of carbonyl (C=O) groups is 2. The van der Waals surface area contributed by atoms with Gasteiger partial charge in [-0.3, -0.25) is 14.6 Å². The first-order chi connectivity index (χ1) is 16.4. The average molecular weight is 459 g/mol. The van der Waals surface area contributed by atoms with Gasteiger partial charge < -0.3 is 20.1 Å². The first kappa shape index (κ1) is 22.7. The fourth-order valence-corrected chi connectivity index (χ4v) is 3.53. The van der Waals surface area contributed by atoms with Crippen LogP contribution in [0.2, 0.25) is 0 Å². The highest BCUT2D eigenvalue weighted by atomic mass is 19.1. The Balaban J connectivity index is 1.63. The number of halogens is 1. The number of nitrogens with one attached hydrogen (secondary N) is 2. The molecule has 0 saturated heterocycles. The van der Waals surface area contributed by atoms with Crippen molar-refractivity contribution in [1.29, 1.82) is 0 Å². The van der Waals surface area contributed by atoms with Gasteiger partial charge in [0.05, 0.1) is 42.4 Å². The Bertz CT molecular complexity index is 1390. The Labute approximate surface area is 195 Å². The van der Waals surface area contributed by atoms with E-state index in [1.54, 1.807) is 55.5 Å². The van der Waals surface area contributed by atoms with Crippen LogP contribution in [0.25, 0.3) is 10.9 Å². The molecule has 0 unspecified atom stereocenters. The number of anilines is 2. The summed E-state index contributed by atoms with van der Waals surface area (Å²) < 4.78 is 24.4. The zero-order valence-electron chi connectivity index (χ0n) is 18.8. The highest BCUT2D eigenvalue weighted by Crippen LogP contribution is 2.37. The summed E-state index contributed by atoms with van der Waals surface area (Å²) >= 11 is 0. The monoisotopic (exact) mass is 459 g/mol. The van der Waals surface area contributed by atoms with E-state index in [4.69, 9.17) is 9.47 Å². The molecule has 34 heavy (non-hydrogen) atoms. The summed E-state index contributed by atoms with van der Waals surface area (Å²) in [6.07, 6.45) is 0. The molecule has 0 aliphatic rings. The van der Waals surface area contributed by atoms with Crippen molar-refractivity contribution in [1.82, 2.24) is 4.98 Å². The zero-order valence-corrected chi connectivity index (χ0v) is 18.8. The van der Waals surface area contributed by atoms with Crippen LogP contribution in [0.15, 0.2) is 66.7 Å². The third kappa shape index (κ3) is 4.66. The van der Waals surface area contributed by atoms with Gasteiger partial charge >= 0.3 is 0 Å². The number of aromatic nitrogens is 1. The van der Waals surface area contributed by atoms with Crippen molar-refractivity contribution < 1.29 is 23.5 Å². The predicted molar refractivity (Wildman–Crippen MR) is 128 cm³/mol. The van der Waals surface area contributed by atoms with Gasteiger partial charge in [-0.1, -0.05) is 18.2 Å². The Kier molecular flexibility index (Phi) is 6.40. The van der Waals surface area contributed by atoms with Gasteiger partial charge in [-0.2, -0.15) is 0 Å². The van der Waals surface area contributed by atoms with Gasteiger partial charge in [0.2, 0.25) is 0 Å². The molecule has 0 aliphatic carbocycles. The lowest BCUT2D eigenvalue weighted by atomic mass is 10.1. The Morgan fingerprint density at radius 3 is 2.06 bits per heavy atom. The maximum atomic E-state index is 13.5. The van der Waals surface area contributed by atoms with Gasteiger partial charge in [0.25, 0.3) is 11.8 Å². The molecule has 7 nitrogen and oxygen atoms in total. The molecule has 0 fully saturated rings. The summed E-state index contributed by atoms with van der Waals surface area (Å²) in [4.78, 5) is 30.0. The standard InChI is InChI=1S/C26H22FN3O4/c1-15-19(11-17-9-10-18(27)12-20(17)28-15)26(32)30-22-14-23(33-2)21(13-24(22)34-3)29-25(31)16-7-5-4-6-8-16/h4-14H,1-3H3,(H,29,31)(H,30,32). The lowest BCUT2D eigenvalue weighted by Gasteiger charge is -2.17. The molecule has 8 heteroatoms. The summed E-state index contributed by atoms with van der Waals surface area (Å²) in [7, 11) is 2.92. The van der Waals surface area contributed by atoms with Gasteiger partial charge in [0.15, 0.2) is 0 Å². The smallest absolute Gasteiger partial charge is 0.257 e. The minimum Gasteiger partial charge on any atom is -0.494 e. The largest absolute Gasteiger partial charge is 0.494 e. The minimum absolute atomic E-state index is 0.313. The summed E-state index contributed by atoms with van der Waals surface area (Å²) in [6, 6.07) is 17.8. The molecule has 3 aromatic carbocycles. The molecule has 0 saturated carbocycles. The lowest BCUT2D eigenvalue weighted by Crippen LogP contribution is -2.16. The van der Waals surface area contributed by atoms with Crippen LogP contribution < -0.4 is 20.1 Å². The summed E-state index contributed by atoms with van der Waals surface area (Å²) in [5.41, 5.74) is 2.47. The van der Waals surface area contributed by atoms with Crippen LogP contribution in [-0.2, 0) is 0 Å². The van der Waals surface area contributed by atoms with Crippen LogP contribution in [-0.4, -0.2) is 31.0 Å². The topological polar surface area (TPSA) is 89.6 Å². The number of methoxy groups -OCH3 is 2. The second-order valence-electron chi connectivity index (χ2n) is 7.49. The highest BCUT2D eigenvalue weighted by Gasteiger charge is 2.18. The second-order valence-corrected chi connectivity index (χ2v) is 7.49. The fraction of sp³-hybridized carbons (Fsp3) is 0.115. The summed E-state index contributed by atoms with van der Waals surface area (Å²) in [5.74, 6) is -0.465. The number of amides is 2. The van der Waals surface area contributed by atoms with E-state index in [9.17, 15) is 14.0 Å². The van der Waals surface area contributed by atoms with E-state index in [2.05, 4.69) is 15.6 Å². The Hall–Kier alpha value is -4.46. The molecule has 0 aliphatic heterocycles. The first-order valence-electron chi connectivity index (χ1n) is 10.4. The third-order valence-corrected chi connectivity index (χ3v) is 5.27. The van der Waals surface area contributed by atoms with Crippen LogP contribution in [0.1, 0.15) is 26.4 Å². The van der Waals surface area contributed by atoms with Gasteiger partial charge in [-0.25, -0.2) is 4.39 Å². The SMILES string of the molecule is COc1cc(NC(=O)c2cc3ccc(F)cc3nc2C)c(OC)cc1NC(=O)c1ccccc1. The van der Waals surface area contributed by atoms with Crippen LogP contribution in [0.3, 0.4) is 0 Å². The maximum absolute atomic E-state index is 13.5. The number of hydrogen-bond donors (Lipinski definition) is 2. The number of rotatable bonds is 6. The quantitative estimate of drug-likeness (QED) is 0.414. The molecule has 172 valence electrons. The van der Waals surface area contributed by atoms with Gasteiger partial charge in [0.1, 0.15) is 17.3 Å². The zero-order chi connectivity index (χ0) is 24.2. The molecule has 2 N–H and O–H groups in total. The van der Waals surface area contributed by atoms with Crippen molar-refractivity contribution in [3.8, 4) is 11.5 Å². The van der Waals surface area contributed by atoms with Crippen LogP contribution >= 0.6 is 0 Å². The van der Waals surface area contributed by atoms with Crippen molar-refractivity contribution in [2.75, 3.05) is 24.9 Å². The molecule has 0 atom stereocenters. The molecular formula is C26H22FN3O4. The number of aryl methyl sites for hydroxylation is 1. The molecule has 0 radical (unpaired) electrons. The first-order valence-corrected chi connectivity index (χ1v) is 10.4. The van der Waals surface area contributed by atoms with E-state index in [0.717, 1.165) is 0 Å². The van der Waals surface area contributed by atoms with Gasteiger partial charge in [0, 0.05) is 29.1 Å². The normalized spacial score (nSPS) is 10.6. The van der Waals surface area contributed by atoms with Crippen LogP contribution in [0.5, 0.6) is 11.5 Å². The molecular weight excluding hydrogens is 437 g/mol. The number of benzene rings is 3. The highest BCUT2D eigenvalue weighted by molar-refractivity contribution is 6.08. The van der Waals surface area contributed by atoms with Crippen LogP contribution in [0, 0.1) is 12.7 Å². The fourth-order valence-electron chi connectivity index (χ4n) is 3.53. The van der Waals surface area contributed by atoms with Crippen molar-refractivity contribution in [2.45, 2.75) is 6.92 Å². The number of nitrogens with zero attached hydrogens (tertiary/aromatic N) is 1. The minimum atomic E-state index is -0.419. The molecule has 0 bridgehead atoms. The molecule has 4 rings (SSSR count). The van der Waals surface area contributed by atoms with Gasteiger partial charge in [-0.05, 0) is 37.3 Å². The molecule has 2 amide bonds. The number of fused-ring (bicyclic) bond motifs is 1. The van der Waals surface area contributed by atoms with Gasteiger partial charge in [-0.15, -0.1) is 0 Å². The number of carbonyl (C=O) groups excluding carboxylic acids is 2. The third-order valence-electron chi connectivity index (χ3n) is 5.27. The molecule has 4 aromatic rings. The van der Waals surface area contributed by atoms with E-state index >= 15 is 0 Å². The number of pyridine rings is 1. The van der Waals surface area contributed by atoms with E-state index in [1.165, 1.54) is 26.4 Å². The number of ether oxygens (including phenoxy) is 2. The summed E-state index contributed by atoms with van der Waals surface area (Å²) in [5, 5.41) is 6.25. The molecule has 1 heterocycles.